The summed E-state index contributed by atoms with van der Waals surface area (Å²) in [4.78, 5) is 27.4. The number of halogens is 1. The molecule has 1 aromatic carbocycles. The number of rotatable bonds is 6. The Bertz CT molecular complexity index is 1460. The number of hydrogen-bond donors (Lipinski definition) is 1. The van der Waals surface area contributed by atoms with Gasteiger partial charge in [0, 0.05) is 48.2 Å². The molecule has 2 aliphatic heterocycles. The van der Waals surface area contributed by atoms with E-state index in [1.165, 1.54) is 0 Å². The fourth-order valence-corrected chi connectivity index (χ4v) is 5.56. The highest BCUT2D eigenvalue weighted by molar-refractivity contribution is 9.10. The van der Waals surface area contributed by atoms with Crippen LogP contribution in [0, 0.1) is 5.92 Å². The van der Waals surface area contributed by atoms with Crippen LogP contribution in [0.15, 0.2) is 45.8 Å². The van der Waals surface area contributed by atoms with Crippen molar-refractivity contribution in [2.75, 3.05) is 38.3 Å². The highest BCUT2D eigenvalue weighted by Crippen LogP contribution is 2.32. The van der Waals surface area contributed by atoms with Gasteiger partial charge >= 0.3 is 0 Å². The predicted octanol–water partition coefficient (Wildman–Crippen LogP) is 3.77. The molecule has 0 saturated carbocycles. The molecule has 2 aliphatic rings. The lowest BCUT2D eigenvalue weighted by Crippen LogP contribution is -2.35. The van der Waals surface area contributed by atoms with Gasteiger partial charge in [-0.25, -0.2) is 4.98 Å². The molecule has 2 saturated heterocycles. The van der Waals surface area contributed by atoms with E-state index in [9.17, 15) is 4.79 Å². The van der Waals surface area contributed by atoms with Gasteiger partial charge in [-0.1, -0.05) is 15.9 Å². The van der Waals surface area contributed by atoms with Crippen LogP contribution in [0.25, 0.3) is 22.6 Å². The van der Waals surface area contributed by atoms with Gasteiger partial charge in [-0.05, 0) is 49.6 Å². The van der Waals surface area contributed by atoms with Gasteiger partial charge < -0.3 is 19.4 Å². The Morgan fingerprint density at radius 2 is 2.03 bits per heavy atom. The molecule has 37 heavy (non-hydrogen) atoms. The minimum Gasteiger partial charge on any atom is -0.495 e. The Hall–Kier alpha value is -3.31. The molecule has 11 heteroatoms. The number of benzene rings is 1. The maximum Gasteiger partial charge on any atom is 0.259 e. The summed E-state index contributed by atoms with van der Waals surface area (Å²) in [6, 6.07) is 9.52. The van der Waals surface area contributed by atoms with Crippen LogP contribution < -0.4 is 15.2 Å². The number of aromatic amines is 1. The smallest absolute Gasteiger partial charge is 0.259 e. The molecule has 0 amide bonds. The number of nitrogens with zero attached hydrogens (tertiary/aromatic N) is 6. The van der Waals surface area contributed by atoms with Crippen LogP contribution in [0.5, 0.6) is 5.75 Å². The molecular formula is C26H28BrN7O3. The predicted molar refractivity (Wildman–Crippen MR) is 143 cm³/mol. The SMILES string of the molecule is COc1ccc(C2CCN(c3nnc(-c4nc5ccc(Br)cc5c(=O)[nH]4)n3CC3CCOC3)CC2)nc1. The van der Waals surface area contributed by atoms with Crippen LogP contribution in [0.3, 0.4) is 0 Å². The summed E-state index contributed by atoms with van der Waals surface area (Å²) in [6.07, 6.45) is 4.70. The van der Waals surface area contributed by atoms with Crippen LogP contribution in [0.4, 0.5) is 5.95 Å². The number of nitrogens with one attached hydrogen (secondary N) is 1. The lowest BCUT2D eigenvalue weighted by atomic mass is 9.93. The fraction of sp³-hybridized carbons (Fsp3) is 0.423. The number of H-pyrrole nitrogens is 1. The lowest BCUT2D eigenvalue weighted by Gasteiger charge is -2.32. The third-order valence-electron chi connectivity index (χ3n) is 7.27. The fourth-order valence-electron chi connectivity index (χ4n) is 5.20. The van der Waals surface area contributed by atoms with Gasteiger partial charge in [0.1, 0.15) is 5.75 Å². The summed E-state index contributed by atoms with van der Waals surface area (Å²) < 4.78 is 13.8. The molecule has 1 unspecified atom stereocenters. The molecule has 0 bridgehead atoms. The number of fused-ring (bicyclic) bond motifs is 1. The largest absolute Gasteiger partial charge is 0.495 e. The highest BCUT2D eigenvalue weighted by atomic mass is 79.9. The van der Waals surface area contributed by atoms with Crippen molar-refractivity contribution in [1.82, 2.24) is 29.7 Å². The first-order valence-electron chi connectivity index (χ1n) is 12.5. The van der Waals surface area contributed by atoms with Crippen LogP contribution in [-0.2, 0) is 11.3 Å². The van der Waals surface area contributed by atoms with Gasteiger partial charge in [0.05, 0.1) is 30.8 Å². The van der Waals surface area contributed by atoms with Crippen molar-refractivity contribution in [2.45, 2.75) is 31.7 Å². The normalized spacial score (nSPS) is 18.5. The number of ether oxygens (including phenoxy) is 2. The molecule has 6 rings (SSSR count). The average Bonchev–Trinajstić information content (AvgIpc) is 3.60. The Morgan fingerprint density at radius 1 is 1.16 bits per heavy atom. The molecule has 2 fully saturated rings. The zero-order chi connectivity index (χ0) is 25.4. The second-order valence-corrected chi connectivity index (χ2v) is 10.5. The first-order valence-corrected chi connectivity index (χ1v) is 13.3. The van der Waals surface area contributed by atoms with E-state index < -0.39 is 0 Å². The molecule has 5 heterocycles. The summed E-state index contributed by atoms with van der Waals surface area (Å²) in [5, 5.41) is 9.66. The van der Waals surface area contributed by atoms with Crippen molar-refractivity contribution in [3.8, 4) is 17.4 Å². The summed E-state index contributed by atoms with van der Waals surface area (Å²) in [7, 11) is 1.65. The number of anilines is 1. The van der Waals surface area contributed by atoms with Crippen molar-refractivity contribution in [2.24, 2.45) is 5.92 Å². The molecule has 192 valence electrons. The highest BCUT2D eigenvalue weighted by Gasteiger charge is 2.29. The maximum atomic E-state index is 12.9. The second-order valence-electron chi connectivity index (χ2n) is 9.62. The monoisotopic (exact) mass is 565 g/mol. The van der Waals surface area contributed by atoms with Gasteiger partial charge in [-0.3, -0.25) is 14.3 Å². The topological polar surface area (TPSA) is 111 Å². The molecule has 10 nitrogen and oxygen atoms in total. The summed E-state index contributed by atoms with van der Waals surface area (Å²) in [5.74, 6) is 3.32. The van der Waals surface area contributed by atoms with Crippen LogP contribution >= 0.6 is 15.9 Å². The average molecular weight is 566 g/mol. The molecule has 0 radical (unpaired) electrons. The zero-order valence-corrected chi connectivity index (χ0v) is 22.1. The number of pyridine rings is 1. The Morgan fingerprint density at radius 3 is 2.76 bits per heavy atom. The van der Waals surface area contributed by atoms with E-state index >= 15 is 0 Å². The molecule has 0 aliphatic carbocycles. The van der Waals surface area contributed by atoms with E-state index in [2.05, 4.69) is 51.6 Å². The Labute approximate surface area is 222 Å². The van der Waals surface area contributed by atoms with E-state index in [4.69, 9.17) is 14.5 Å². The second kappa shape index (κ2) is 10.2. The van der Waals surface area contributed by atoms with Crippen LogP contribution in [0.1, 0.15) is 30.9 Å². The van der Waals surface area contributed by atoms with Crippen molar-refractivity contribution >= 4 is 32.8 Å². The van der Waals surface area contributed by atoms with Crippen molar-refractivity contribution in [1.29, 1.82) is 0 Å². The number of aromatic nitrogens is 6. The van der Waals surface area contributed by atoms with Crippen molar-refractivity contribution in [3.63, 3.8) is 0 Å². The maximum absolute atomic E-state index is 12.9. The third kappa shape index (κ3) is 4.85. The number of methoxy groups -OCH3 is 1. The van der Waals surface area contributed by atoms with E-state index in [-0.39, 0.29) is 5.56 Å². The van der Waals surface area contributed by atoms with Gasteiger partial charge in [0.25, 0.3) is 5.56 Å². The third-order valence-corrected chi connectivity index (χ3v) is 7.76. The van der Waals surface area contributed by atoms with Crippen molar-refractivity contribution < 1.29 is 9.47 Å². The molecular weight excluding hydrogens is 538 g/mol. The van der Waals surface area contributed by atoms with E-state index in [1.807, 2.05) is 18.2 Å². The van der Waals surface area contributed by atoms with Gasteiger partial charge in [-0.15, -0.1) is 10.2 Å². The lowest BCUT2D eigenvalue weighted by molar-refractivity contribution is 0.182. The van der Waals surface area contributed by atoms with Crippen LogP contribution in [0.2, 0.25) is 0 Å². The molecule has 4 aromatic rings. The van der Waals surface area contributed by atoms with Gasteiger partial charge in [-0.2, -0.15) is 0 Å². The summed E-state index contributed by atoms with van der Waals surface area (Å²) in [5.41, 5.74) is 1.51. The summed E-state index contributed by atoms with van der Waals surface area (Å²) >= 11 is 3.43. The first-order chi connectivity index (χ1) is 18.1. The van der Waals surface area contributed by atoms with E-state index in [0.29, 0.717) is 47.5 Å². The molecule has 1 atom stereocenters. The van der Waals surface area contributed by atoms with E-state index in [0.717, 1.165) is 60.8 Å². The quantitative estimate of drug-likeness (QED) is 0.376. The molecule has 0 spiro atoms. The minimum absolute atomic E-state index is 0.200. The minimum atomic E-state index is -0.200. The Balaban J connectivity index is 1.30. The van der Waals surface area contributed by atoms with Crippen molar-refractivity contribution in [3.05, 3.63) is 57.0 Å². The molecule has 3 aromatic heterocycles. The number of hydrogen-bond acceptors (Lipinski definition) is 8. The standard InChI is InChI=1S/C26H28BrN7O3/c1-36-19-3-5-21(28-13-19)17-6-9-33(10-7-17)26-32-31-24(34(26)14-16-8-11-37-15-16)23-29-22-4-2-18(27)12-20(22)25(35)30-23/h2-5,12-13,16-17H,6-11,14-15H2,1H3,(H,29,30,35). The van der Waals surface area contributed by atoms with E-state index in [1.54, 1.807) is 19.4 Å². The van der Waals surface area contributed by atoms with Gasteiger partial charge in [0.15, 0.2) is 5.82 Å². The zero-order valence-electron chi connectivity index (χ0n) is 20.6. The number of piperidine rings is 1. The first kappa shape index (κ1) is 24.1. The van der Waals surface area contributed by atoms with Crippen LogP contribution in [-0.4, -0.2) is 63.1 Å². The summed E-state index contributed by atoms with van der Waals surface area (Å²) in [6.45, 7) is 3.86. The Kier molecular flexibility index (Phi) is 6.64. The molecule has 1 N–H and O–H groups in total. The van der Waals surface area contributed by atoms with Gasteiger partial charge in [0.2, 0.25) is 11.8 Å².